The molecule has 0 aliphatic heterocycles. The second kappa shape index (κ2) is 6.92. The maximum absolute atomic E-state index is 12.5. The molecule has 0 fully saturated rings. The highest BCUT2D eigenvalue weighted by Gasteiger charge is 2.19. The van der Waals surface area contributed by atoms with E-state index in [2.05, 4.69) is 10.4 Å². The van der Waals surface area contributed by atoms with Gasteiger partial charge in [-0.25, -0.2) is 4.68 Å². The fourth-order valence-electron chi connectivity index (χ4n) is 2.59. The number of carbonyl (C=O) groups is 1. The first-order valence-electron chi connectivity index (χ1n) is 7.75. The van der Waals surface area contributed by atoms with E-state index in [1.807, 2.05) is 79.9 Å². The molecule has 1 heterocycles. The fourth-order valence-corrected chi connectivity index (χ4v) is 2.59. The first kappa shape index (κ1) is 15.0. The molecular weight excluding hydrogens is 286 g/mol. The molecule has 0 unspecified atom stereocenters. The van der Waals surface area contributed by atoms with Gasteiger partial charge in [0.25, 0.3) is 0 Å². The molecule has 116 valence electrons. The lowest BCUT2D eigenvalue weighted by molar-refractivity contribution is -0.117. The van der Waals surface area contributed by atoms with Crippen molar-refractivity contribution in [2.45, 2.75) is 19.3 Å². The number of aromatic nitrogens is 2. The Labute approximate surface area is 135 Å². The van der Waals surface area contributed by atoms with Crippen LogP contribution >= 0.6 is 0 Å². The Balaban J connectivity index is 1.74. The van der Waals surface area contributed by atoms with Crippen LogP contribution in [0.3, 0.4) is 0 Å². The van der Waals surface area contributed by atoms with Crippen LogP contribution in [0.15, 0.2) is 72.9 Å². The zero-order chi connectivity index (χ0) is 16.1. The summed E-state index contributed by atoms with van der Waals surface area (Å²) in [7, 11) is 0. The number of benzene rings is 2. The van der Waals surface area contributed by atoms with Crippen molar-refractivity contribution in [3.8, 4) is 5.69 Å². The first-order valence-corrected chi connectivity index (χ1v) is 7.75. The summed E-state index contributed by atoms with van der Waals surface area (Å²) in [6.07, 6.45) is 2.59. The summed E-state index contributed by atoms with van der Waals surface area (Å²) in [4.78, 5) is 12.5. The summed E-state index contributed by atoms with van der Waals surface area (Å²) < 4.78 is 1.75. The van der Waals surface area contributed by atoms with Gasteiger partial charge in [-0.15, -0.1) is 0 Å². The van der Waals surface area contributed by atoms with Crippen molar-refractivity contribution < 1.29 is 4.79 Å². The van der Waals surface area contributed by atoms with E-state index >= 15 is 0 Å². The highest BCUT2D eigenvalue weighted by Crippen LogP contribution is 2.21. The van der Waals surface area contributed by atoms with E-state index in [9.17, 15) is 4.79 Å². The van der Waals surface area contributed by atoms with Gasteiger partial charge in [-0.05, 0) is 24.1 Å². The molecule has 23 heavy (non-hydrogen) atoms. The van der Waals surface area contributed by atoms with E-state index in [0.29, 0.717) is 5.82 Å². The summed E-state index contributed by atoms with van der Waals surface area (Å²) in [6, 6.07) is 21.4. The normalized spacial score (nSPS) is 11.9. The molecule has 2 aromatic carbocycles. The van der Waals surface area contributed by atoms with Crippen molar-refractivity contribution >= 4 is 11.7 Å². The second-order valence-electron chi connectivity index (χ2n) is 5.34. The van der Waals surface area contributed by atoms with Crippen molar-refractivity contribution in [1.29, 1.82) is 0 Å². The molecule has 0 spiro atoms. The number of nitrogens with zero attached hydrogens (tertiary/aromatic N) is 2. The third kappa shape index (κ3) is 3.48. The van der Waals surface area contributed by atoms with Crippen LogP contribution in [0, 0.1) is 0 Å². The summed E-state index contributed by atoms with van der Waals surface area (Å²) in [5.74, 6) is 0.364. The summed E-state index contributed by atoms with van der Waals surface area (Å²) >= 11 is 0. The third-order valence-electron chi connectivity index (χ3n) is 3.79. The predicted octanol–water partition coefficient (Wildman–Crippen LogP) is 4.00. The fraction of sp³-hybridized carbons (Fsp3) is 0.158. The van der Waals surface area contributed by atoms with E-state index in [1.54, 1.807) is 4.68 Å². The smallest absolute Gasteiger partial charge is 0.233 e. The van der Waals surface area contributed by atoms with Crippen LogP contribution in [0.4, 0.5) is 5.82 Å². The van der Waals surface area contributed by atoms with Crippen LogP contribution in [0.1, 0.15) is 24.8 Å². The molecule has 0 aliphatic rings. The van der Waals surface area contributed by atoms with Gasteiger partial charge in [0, 0.05) is 12.3 Å². The van der Waals surface area contributed by atoms with Crippen LogP contribution in [0.25, 0.3) is 5.69 Å². The Hall–Kier alpha value is -2.88. The van der Waals surface area contributed by atoms with E-state index in [1.165, 1.54) is 0 Å². The molecule has 4 nitrogen and oxygen atoms in total. The Bertz CT molecular complexity index is 766. The lowest BCUT2D eigenvalue weighted by atomic mass is 9.96. The largest absolute Gasteiger partial charge is 0.309 e. The standard InChI is InChI=1S/C19H19N3O/c1-2-17(15-9-5-3-6-10-15)19(23)20-18-13-14-22(21-18)16-11-7-4-8-12-16/h3-14,17H,2H2,1H3,(H,20,21,23)/t17-/m1/s1. The van der Waals surface area contributed by atoms with Crippen molar-refractivity contribution in [2.75, 3.05) is 5.32 Å². The Kier molecular flexibility index (Phi) is 4.52. The third-order valence-corrected chi connectivity index (χ3v) is 3.79. The quantitative estimate of drug-likeness (QED) is 0.774. The minimum atomic E-state index is -0.168. The number of hydrogen-bond donors (Lipinski definition) is 1. The van der Waals surface area contributed by atoms with E-state index in [-0.39, 0.29) is 11.8 Å². The molecule has 1 amide bonds. The second-order valence-corrected chi connectivity index (χ2v) is 5.34. The molecule has 3 aromatic rings. The Morgan fingerprint density at radius 3 is 2.35 bits per heavy atom. The van der Waals surface area contributed by atoms with E-state index in [0.717, 1.165) is 17.7 Å². The van der Waals surface area contributed by atoms with Crippen molar-refractivity contribution in [3.05, 3.63) is 78.5 Å². The van der Waals surface area contributed by atoms with Gasteiger partial charge < -0.3 is 5.32 Å². The van der Waals surface area contributed by atoms with Crippen LogP contribution in [-0.2, 0) is 4.79 Å². The lowest BCUT2D eigenvalue weighted by Crippen LogP contribution is -2.21. The minimum Gasteiger partial charge on any atom is -0.309 e. The molecular formula is C19H19N3O. The Morgan fingerprint density at radius 1 is 1.04 bits per heavy atom. The molecule has 0 saturated carbocycles. The highest BCUT2D eigenvalue weighted by atomic mass is 16.2. The minimum absolute atomic E-state index is 0.0305. The van der Waals surface area contributed by atoms with Crippen LogP contribution in [-0.4, -0.2) is 15.7 Å². The molecule has 0 aliphatic carbocycles. The van der Waals surface area contributed by atoms with Gasteiger partial charge in [-0.2, -0.15) is 5.10 Å². The maximum atomic E-state index is 12.5. The van der Waals surface area contributed by atoms with Gasteiger partial charge in [0.15, 0.2) is 5.82 Å². The van der Waals surface area contributed by atoms with Gasteiger partial charge in [0.1, 0.15) is 0 Å². The summed E-state index contributed by atoms with van der Waals surface area (Å²) in [6.45, 7) is 2.01. The number of rotatable bonds is 5. The van der Waals surface area contributed by atoms with E-state index < -0.39 is 0 Å². The zero-order valence-electron chi connectivity index (χ0n) is 13.0. The number of hydrogen-bond acceptors (Lipinski definition) is 2. The van der Waals surface area contributed by atoms with Crippen molar-refractivity contribution in [2.24, 2.45) is 0 Å². The van der Waals surface area contributed by atoms with Gasteiger partial charge in [0.05, 0.1) is 11.6 Å². The monoisotopic (exact) mass is 305 g/mol. The molecule has 0 saturated heterocycles. The number of nitrogens with one attached hydrogen (secondary N) is 1. The summed E-state index contributed by atoms with van der Waals surface area (Å²) in [5, 5.41) is 7.33. The van der Waals surface area contributed by atoms with Crippen LogP contribution in [0.2, 0.25) is 0 Å². The number of amides is 1. The molecule has 0 bridgehead atoms. The van der Waals surface area contributed by atoms with Crippen molar-refractivity contribution in [3.63, 3.8) is 0 Å². The van der Waals surface area contributed by atoms with Gasteiger partial charge >= 0.3 is 0 Å². The molecule has 4 heteroatoms. The lowest BCUT2D eigenvalue weighted by Gasteiger charge is -2.14. The molecule has 3 rings (SSSR count). The SMILES string of the molecule is CC[C@@H](C(=O)Nc1ccn(-c2ccccc2)n1)c1ccccc1. The number of carbonyl (C=O) groups excluding carboxylic acids is 1. The number of anilines is 1. The molecule has 1 aromatic heterocycles. The molecule has 1 atom stereocenters. The zero-order valence-corrected chi connectivity index (χ0v) is 13.0. The van der Waals surface area contributed by atoms with E-state index in [4.69, 9.17) is 0 Å². The average molecular weight is 305 g/mol. The van der Waals surface area contributed by atoms with Crippen LogP contribution < -0.4 is 5.32 Å². The van der Waals surface area contributed by atoms with Crippen molar-refractivity contribution in [1.82, 2.24) is 9.78 Å². The molecule has 1 N–H and O–H groups in total. The predicted molar refractivity (Wildman–Crippen MR) is 91.7 cm³/mol. The maximum Gasteiger partial charge on any atom is 0.233 e. The number of para-hydroxylation sites is 1. The average Bonchev–Trinajstić information content (AvgIpc) is 3.06. The summed E-state index contributed by atoms with van der Waals surface area (Å²) in [5.41, 5.74) is 1.98. The van der Waals surface area contributed by atoms with Gasteiger partial charge in [0.2, 0.25) is 5.91 Å². The first-order chi connectivity index (χ1) is 11.3. The molecule has 0 radical (unpaired) electrons. The topological polar surface area (TPSA) is 46.9 Å². The van der Waals surface area contributed by atoms with Crippen LogP contribution in [0.5, 0.6) is 0 Å². The Morgan fingerprint density at radius 2 is 1.70 bits per heavy atom. The van der Waals surface area contributed by atoms with Gasteiger partial charge in [-0.1, -0.05) is 55.5 Å². The highest BCUT2D eigenvalue weighted by molar-refractivity contribution is 5.95. The van der Waals surface area contributed by atoms with Gasteiger partial charge in [-0.3, -0.25) is 4.79 Å².